The van der Waals surface area contributed by atoms with Gasteiger partial charge >= 0.3 is 0 Å². The standard InChI is InChI=1S/C15H20BrN3O2/c1-11(16)14(20)17-13-5-3-12(4-6-13)15(21)19-9-7-18(2)8-10-19/h3-6,11H,7-10H2,1-2H3,(H,17,20). The van der Waals surface area contributed by atoms with E-state index in [0.717, 1.165) is 26.2 Å². The van der Waals surface area contributed by atoms with Crippen molar-refractivity contribution in [2.24, 2.45) is 0 Å². The number of alkyl halides is 1. The summed E-state index contributed by atoms with van der Waals surface area (Å²) in [4.78, 5) is 27.8. The molecule has 1 saturated heterocycles. The van der Waals surface area contributed by atoms with Crippen molar-refractivity contribution < 1.29 is 9.59 Å². The maximum Gasteiger partial charge on any atom is 0.253 e. The van der Waals surface area contributed by atoms with E-state index in [0.29, 0.717) is 11.3 Å². The predicted molar refractivity (Wildman–Crippen MR) is 86.9 cm³/mol. The summed E-state index contributed by atoms with van der Waals surface area (Å²) in [5, 5.41) is 2.78. The van der Waals surface area contributed by atoms with Crippen LogP contribution in [-0.4, -0.2) is 59.7 Å². The molecule has 1 heterocycles. The Balaban J connectivity index is 1.98. The van der Waals surface area contributed by atoms with Gasteiger partial charge in [0.05, 0.1) is 4.83 Å². The number of hydrogen-bond acceptors (Lipinski definition) is 3. The van der Waals surface area contributed by atoms with Crippen molar-refractivity contribution in [1.82, 2.24) is 9.80 Å². The number of amides is 2. The molecule has 1 atom stereocenters. The van der Waals surface area contributed by atoms with E-state index in [1.807, 2.05) is 4.90 Å². The summed E-state index contributed by atoms with van der Waals surface area (Å²) in [6, 6.07) is 7.04. The molecule has 1 aliphatic heterocycles. The number of likely N-dealkylation sites (N-methyl/N-ethyl adjacent to an activating group) is 1. The molecule has 114 valence electrons. The van der Waals surface area contributed by atoms with E-state index in [4.69, 9.17) is 0 Å². The number of anilines is 1. The maximum absolute atomic E-state index is 12.4. The normalized spacial score (nSPS) is 17.4. The molecule has 1 unspecified atom stereocenters. The second-order valence-electron chi connectivity index (χ2n) is 5.28. The number of piperazine rings is 1. The average Bonchev–Trinajstić information content (AvgIpc) is 2.48. The molecule has 1 aromatic rings. The fourth-order valence-electron chi connectivity index (χ4n) is 2.13. The molecule has 0 saturated carbocycles. The van der Waals surface area contributed by atoms with E-state index < -0.39 is 0 Å². The molecular formula is C15H20BrN3O2. The Bertz CT molecular complexity index is 508. The minimum absolute atomic E-state index is 0.0508. The summed E-state index contributed by atoms with van der Waals surface area (Å²) in [5.41, 5.74) is 1.35. The second kappa shape index (κ2) is 7.04. The maximum atomic E-state index is 12.4. The van der Waals surface area contributed by atoms with Crippen LogP contribution in [0.15, 0.2) is 24.3 Å². The van der Waals surface area contributed by atoms with E-state index in [9.17, 15) is 9.59 Å². The van der Waals surface area contributed by atoms with Crippen molar-refractivity contribution in [3.8, 4) is 0 Å². The fraction of sp³-hybridized carbons (Fsp3) is 0.467. The van der Waals surface area contributed by atoms with Gasteiger partial charge in [-0.25, -0.2) is 0 Å². The highest BCUT2D eigenvalue weighted by Crippen LogP contribution is 2.14. The van der Waals surface area contributed by atoms with Crippen LogP contribution in [0.4, 0.5) is 5.69 Å². The molecule has 2 amide bonds. The van der Waals surface area contributed by atoms with Gasteiger partial charge in [-0.15, -0.1) is 0 Å². The molecular weight excluding hydrogens is 334 g/mol. The third-order valence-corrected chi connectivity index (χ3v) is 3.97. The lowest BCUT2D eigenvalue weighted by atomic mass is 10.1. The lowest BCUT2D eigenvalue weighted by Gasteiger charge is -2.32. The summed E-state index contributed by atoms with van der Waals surface area (Å²) in [5.74, 6) is -0.0528. The molecule has 0 bridgehead atoms. The number of hydrogen-bond donors (Lipinski definition) is 1. The van der Waals surface area contributed by atoms with Gasteiger partial charge in [0, 0.05) is 37.4 Å². The van der Waals surface area contributed by atoms with Crippen LogP contribution in [-0.2, 0) is 4.79 Å². The van der Waals surface area contributed by atoms with Crippen LogP contribution in [0, 0.1) is 0 Å². The van der Waals surface area contributed by atoms with Gasteiger partial charge < -0.3 is 15.1 Å². The quantitative estimate of drug-likeness (QED) is 0.843. The fourth-order valence-corrected chi connectivity index (χ4v) is 2.24. The Kier molecular flexibility index (Phi) is 5.36. The summed E-state index contributed by atoms with van der Waals surface area (Å²) in [7, 11) is 2.06. The van der Waals surface area contributed by atoms with Gasteiger partial charge in [-0.1, -0.05) is 15.9 Å². The van der Waals surface area contributed by atoms with E-state index in [1.54, 1.807) is 31.2 Å². The highest BCUT2D eigenvalue weighted by Gasteiger charge is 2.20. The minimum atomic E-state index is -0.246. The van der Waals surface area contributed by atoms with Crippen molar-refractivity contribution in [2.45, 2.75) is 11.8 Å². The van der Waals surface area contributed by atoms with Crippen LogP contribution >= 0.6 is 15.9 Å². The zero-order valence-corrected chi connectivity index (χ0v) is 13.9. The number of nitrogens with one attached hydrogen (secondary N) is 1. The Labute approximate surface area is 133 Å². The molecule has 0 spiro atoms. The van der Waals surface area contributed by atoms with Crippen LogP contribution in [0.1, 0.15) is 17.3 Å². The molecule has 5 nitrogen and oxygen atoms in total. The SMILES string of the molecule is CC(Br)C(=O)Nc1ccc(C(=O)N2CCN(C)CC2)cc1. The van der Waals surface area contributed by atoms with Gasteiger partial charge in [0.2, 0.25) is 5.91 Å². The van der Waals surface area contributed by atoms with Gasteiger partial charge in [0.25, 0.3) is 5.91 Å². The number of rotatable bonds is 3. The van der Waals surface area contributed by atoms with Crippen molar-refractivity contribution in [3.05, 3.63) is 29.8 Å². The first-order valence-electron chi connectivity index (χ1n) is 7.00. The molecule has 21 heavy (non-hydrogen) atoms. The number of halogens is 1. The first kappa shape index (κ1) is 16.0. The Morgan fingerprint density at radius 3 is 2.24 bits per heavy atom. The van der Waals surface area contributed by atoms with Crippen molar-refractivity contribution in [2.75, 3.05) is 38.5 Å². The highest BCUT2D eigenvalue weighted by atomic mass is 79.9. The average molecular weight is 354 g/mol. The first-order valence-corrected chi connectivity index (χ1v) is 7.92. The van der Waals surface area contributed by atoms with Gasteiger partial charge in [-0.2, -0.15) is 0 Å². The highest BCUT2D eigenvalue weighted by molar-refractivity contribution is 9.10. The molecule has 0 radical (unpaired) electrons. The number of nitrogens with zero attached hydrogens (tertiary/aromatic N) is 2. The number of benzene rings is 1. The number of carbonyl (C=O) groups excluding carboxylic acids is 2. The second-order valence-corrected chi connectivity index (χ2v) is 6.65. The molecule has 1 aliphatic rings. The molecule has 0 aliphatic carbocycles. The monoisotopic (exact) mass is 353 g/mol. The van der Waals surface area contributed by atoms with Gasteiger partial charge in [-0.3, -0.25) is 9.59 Å². The van der Waals surface area contributed by atoms with E-state index in [-0.39, 0.29) is 16.6 Å². The summed E-state index contributed by atoms with van der Waals surface area (Å²) in [6.07, 6.45) is 0. The Morgan fingerprint density at radius 1 is 1.14 bits per heavy atom. The minimum Gasteiger partial charge on any atom is -0.336 e. The largest absolute Gasteiger partial charge is 0.336 e. The molecule has 1 aromatic carbocycles. The molecule has 1 fully saturated rings. The molecule has 6 heteroatoms. The first-order chi connectivity index (χ1) is 9.97. The van der Waals surface area contributed by atoms with E-state index >= 15 is 0 Å². The summed E-state index contributed by atoms with van der Waals surface area (Å²) >= 11 is 3.22. The molecule has 1 N–H and O–H groups in total. The van der Waals surface area contributed by atoms with Crippen LogP contribution in [0.3, 0.4) is 0 Å². The predicted octanol–water partition coefficient (Wildman–Crippen LogP) is 1.80. The smallest absolute Gasteiger partial charge is 0.253 e. The lowest BCUT2D eigenvalue weighted by Crippen LogP contribution is -2.47. The van der Waals surface area contributed by atoms with Crippen LogP contribution in [0.25, 0.3) is 0 Å². The topological polar surface area (TPSA) is 52.7 Å². The zero-order valence-electron chi connectivity index (χ0n) is 12.3. The third-order valence-electron chi connectivity index (χ3n) is 3.55. The van der Waals surface area contributed by atoms with Crippen molar-refractivity contribution in [1.29, 1.82) is 0 Å². The van der Waals surface area contributed by atoms with Gasteiger partial charge in [-0.05, 0) is 38.2 Å². The third kappa shape index (κ3) is 4.28. The van der Waals surface area contributed by atoms with Crippen LogP contribution in [0.5, 0.6) is 0 Å². The summed E-state index contributed by atoms with van der Waals surface area (Å²) < 4.78 is 0. The van der Waals surface area contributed by atoms with Gasteiger partial charge in [0.15, 0.2) is 0 Å². The van der Waals surface area contributed by atoms with Gasteiger partial charge in [0.1, 0.15) is 0 Å². The van der Waals surface area contributed by atoms with Crippen molar-refractivity contribution in [3.63, 3.8) is 0 Å². The van der Waals surface area contributed by atoms with Crippen molar-refractivity contribution >= 4 is 33.4 Å². The Morgan fingerprint density at radius 2 is 1.71 bits per heavy atom. The molecule has 0 aromatic heterocycles. The van der Waals surface area contributed by atoms with Crippen LogP contribution in [0.2, 0.25) is 0 Å². The van der Waals surface area contributed by atoms with E-state index in [1.165, 1.54) is 0 Å². The zero-order chi connectivity index (χ0) is 15.4. The lowest BCUT2D eigenvalue weighted by molar-refractivity contribution is -0.115. The Hall–Kier alpha value is -1.40. The van der Waals surface area contributed by atoms with Crippen LogP contribution < -0.4 is 5.32 Å². The molecule has 2 rings (SSSR count). The number of carbonyl (C=O) groups is 2. The van der Waals surface area contributed by atoms with E-state index in [2.05, 4.69) is 33.2 Å². The summed E-state index contributed by atoms with van der Waals surface area (Å²) in [6.45, 7) is 5.09.